The van der Waals surface area contributed by atoms with Gasteiger partial charge in [-0.05, 0) is 6.42 Å². The molecule has 0 spiro atoms. The minimum Gasteiger partial charge on any atom is -0.431 e. The van der Waals surface area contributed by atoms with E-state index in [1.54, 1.807) is 6.92 Å². The number of ether oxygens (including phenoxy) is 1. The predicted molar refractivity (Wildman–Crippen MR) is 41.0 cm³/mol. The first-order valence-electron chi connectivity index (χ1n) is 4.05. The van der Waals surface area contributed by atoms with Crippen LogP contribution in [0.25, 0.3) is 0 Å². The van der Waals surface area contributed by atoms with Crippen LogP contribution in [-0.4, -0.2) is 18.4 Å². The molecule has 0 amide bonds. The molecule has 1 aliphatic heterocycles. The lowest BCUT2D eigenvalue weighted by Crippen LogP contribution is -2.44. The molecule has 0 aromatic heterocycles. The maximum Gasteiger partial charge on any atom is 0.305 e. The predicted octanol–water partition coefficient (Wildman–Crippen LogP) is 1.25. The fraction of sp³-hybridized carbons (Fsp3) is 0.875. The van der Waals surface area contributed by atoms with Gasteiger partial charge in [-0.15, -0.1) is 0 Å². The normalized spacial score (nSPS) is 36.1. The van der Waals surface area contributed by atoms with E-state index in [1.807, 2.05) is 6.92 Å². The van der Waals surface area contributed by atoms with Gasteiger partial charge in [-0.25, -0.2) is 4.89 Å². The van der Waals surface area contributed by atoms with Gasteiger partial charge in [-0.1, -0.05) is 6.92 Å². The maximum absolute atomic E-state index is 10.7. The van der Waals surface area contributed by atoms with E-state index in [1.165, 1.54) is 6.92 Å². The monoisotopic (exact) mass is 174 g/mol. The second-order valence-corrected chi connectivity index (χ2v) is 3.20. The largest absolute Gasteiger partial charge is 0.431 e. The Morgan fingerprint density at radius 2 is 2.33 bits per heavy atom. The number of rotatable bonds is 1. The van der Waals surface area contributed by atoms with Gasteiger partial charge in [0.15, 0.2) is 0 Å². The van der Waals surface area contributed by atoms with Crippen LogP contribution in [-0.2, 0) is 19.3 Å². The highest BCUT2D eigenvalue weighted by molar-refractivity contribution is 5.66. The molecule has 12 heavy (non-hydrogen) atoms. The summed E-state index contributed by atoms with van der Waals surface area (Å²) < 4.78 is 5.00. The molecule has 2 unspecified atom stereocenters. The Bertz CT molecular complexity index is 180. The fourth-order valence-electron chi connectivity index (χ4n) is 1.13. The zero-order chi connectivity index (χ0) is 9.19. The standard InChI is InChI=1S/C8H14O4/c1-6-4-5-10-12-8(6,3)11-7(2)9/h6H,4-5H2,1-3H3. The van der Waals surface area contributed by atoms with Crippen LogP contribution in [0, 0.1) is 5.92 Å². The van der Waals surface area contributed by atoms with Gasteiger partial charge in [-0.3, -0.25) is 4.79 Å². The Balaban J connectivity index is 2.59. The minimum atomic E-state index is -0.913. The van der Waals surface area contributed by atoms with Crippen molar-refractivity contribution in [1.29, 1.82) is 0 Å². The van der Waals surface area contributed by atoms with Gasteiger partial charge < -0.3 is 4.74 Å². The zero-order valence-electron chi connectivity index (χ0n) is 7.62. The average molecular weight is 174 g/mol. The van der Waals surface area contributed by atoms with Crippen LogP contribution in [0.5, 0.6) is 0 Å². The van der Waals surface area contributed by atoms with Gasteiger partial charge in [0, 0.05) is 19.8 Å². The smallest absolute Gasteiger partial charge is 0.305 e. The molecular weight excluding hydrogens is 160 g/mol. The highest BCUT2D eigenvalue weighted by Crippen LogP contribution is 2.30. The quantitative estimate of drug-likeness (QED) is 0.443. The molecule has 1 saturated heterocycles. The molecule has 1 aliphatic rings. The van der Waals surface area contributed by atoms with Gasteiger partial charge >= 0.3 is 5.97 Å². The molecular formula is C8H14O4. The number of carbonyl (C=O) groups excluding carboxylic acids is 1. The van der Waals surface area contributed by atoms with Crippen LogP contribution in [0.4, 0.5) is 0 Å². The summed E-state index contributed by atoms with van der Waals surface area (Å²) in [6, 6.07) is 0. The van der Waals surface area contributed by atoms with Crippen LogP contribution in [0.1, 0.15) is 27.2 Å². The lowest BCUT2D eigenvalue weighted by molar-refractivity contribution is -0.448. The van der Waals surface area contributed by atoms with Crippen molar-refractivity contribution in [2.75, 3.05) is 6.61 Å². The van der Waals surface area contributed by atoms with Crippen LogP contribution < -0.4 is 0 Å². The van der Waals surface area contributed by atoms with Crippen molar-refractivity contribution >= 4 is 5.97 Å². The van der Waals surface area contributed by atoms with Crippen LogP contribution in [0.15, 0.2) is 0 Å². The Labute approximate surface area is 71.7 Å². The molecule has 0 aromatic rings. The van der Waals surface area contributed by atoms with Gasteiger partial charge in [0.2, 0.25) is 5.79 Å². The summed E-state index contributed by atoms with van der Waals surface area (Å²) in [5.74, 6) is -1.10. The van der Waals surface area contributed by atoms with E-state index in [-0.39, 0.29) is 11.9 Å². The molecule has 4 nitrogen and oxygen atoms in total. The van der Waals surface area contributed by atoms with E-state index in [0.717, 1.165) is 6.42 Å². The third-order valence-corrected chi connectivity index (χ3v) is 2.10. The molecule has 1 heterocycles. The Hall–Kier alpha value is -0.610. The highest BCUT2D eigenvalue weighted by Gasteiger charge is 2.39. The molecule has 0 N–H and O–H groups in total. The van der Waals surface area contributed by atoms with E-state index in [4.69, 9.17) is 14.5 Å². The first kappa shape index (κ1) is 9.48. The molecule has 0 aliphatic carbocycles. The minimum absolute atomic E-state index is 0.162. The third kappa shape index (κ3) is 1.95. The Morgan fingerprint density at radius 1 is 1.67 bits per heavy atom. The topological polar surface area (TPSA) is 44.8 Å². The molecule has 0 aromatic carbocycles. The van der Waals surface area contributed by atoms with Crippen molar-refractivity contribution in [3.05, 3.63) is 0 Å². The van der Waals surface area contributed by atoms with Gasteiger partial charge in [0.1, 0.15) is 0 Å². The summed E-state index contributed by atoms with van der Waals surface area (Å²) in [4.78, 5) is 20.4. The Kier molecular flexibility index (Phi) is 2.69. The first-order valence-corrected chi connectivity index (χ1v) is 4.05. The molecule has 4 heteroatoms. The first-order chi connectivity index (χ1) is 5.54. The van der Waals surface area contributed by atoms with Gasteiger partial charge in [-0.2, -0.15) is 4.89 Å². The van der Waals surface area contributed by atoms with Crippen molar-refractivity contribution in [3.63, 3.8) is 0 Å². The summed E-state index contributed by atoms with van der Waals surface area (Å²) in [6.45, 7) is 5.58. The van der Waals surface area contributed by atoms with Crippen LogP contribution in [0.2, 0.25) is 0 Å². The number of esters is 1. The summed E-state index contributed by atoms with van der Waals surface area (Å²) in [5, 5.41) is 0. The summed E-state index contributed by atoms with van der Waals surface area (Å²) in [7, 11) is 0. The van der Waals surface area contributed by atoms with Crippen molar-refractivity contribution in [1.82, 2.24) is 0 Å². The van der Waals surface area contributed by atoms with E-state index >= 15 is 0 Å². The third-order valence-electron chi connectivity index (χ3n) is 2.10. The van der Waals surface area contributed by atoms with Gasteiger partial charge in [0.05, 0.1) is 6.61 Å². The molecule has 1 rings (SSSR count). The molecule has 2 atom stereocenters. The highest BCUT2D eigenvalue weighted by atomic mass is 17.2. The number of hydrogen-bond acceptors (Lipinski definition) is 4. The molecule has 1 fully saturated rings. The maximum atomic E-state index is 10.7. The van der Waals surface area contributed by atoms with E-state index < -0.39 is 5.79 Å². The second kappa shape index (κ2) is 3.41. The van der Waals surface area contributed by atoms with Crippen molar-refractivity contribution < 1.29 is 19.3 Å². The van der Waals surface area contributed by atoms with Crippen LogP contribution >= 0.6 is 0 Å². The van der Waals surface area contributed by atoms with E-state index in [0.29, 0.717) is 6.61 Å². The van der Waals surface area contributed by atoms with E-state index in [9.17, 15) is 4.79 Å². The SMILES string of the molecule is CC(=O)OC1(C)OOCCC1C. The number of hydrogen-bond donors (Lipinski definition) is 0. The lowest BCUT2D eigenvalue weighted by Gasteiger charge is -2.36. The van der Waals surface area contributed by atoms with Crippen molar-refractivity contribution in [2.24, 2.45) is 5.92 Å². The summed E-state index contributed by atoms with van der Waals surface area (Å²) >= 11 is 0. The average Bonchev–Trinajstić information content (AvgIpc) is 1.94. The molecule has 0 saturated carbocycles. The zero-order valence-corrected chi connectivity index (χ0v) is 7.62. The fourth-order valence-corrected chi connectivity index (χ4v) is 1.13. The number of carbonyl (C=O) groups is 1. The second-order valence-electron chi connectivity index (χ2n) is 3.20. The molecule has 0 radical (unpaired) electrons. The Morgan fingerprint density at radius 3 is 2.83 bits per heavy atom. The van der Waals surface area contributed by atoms with E-state index in [2.05, 4.69) is 0 Å². The summed E-state index contributed by atoms with van der Waals surface area (Å²) in [5.41, 5.74) is 0. The summed E-state index contributed by atoms with van der Waals surface area (Å²) in [6.07, 6.45) is 0.837. The van der Waals surface area contributed by atoms with Gasteiger partial charge in [0.25, 0.3) is 0 Å². The molecule has 0 bridgehead atoms. The van der Waals surface area contributed by atoms with Crippen LogP contribution in [0.3, 0.4) is 0 Å². The lowest BCUT2D eigenvalue weighted by atomic mass is 9.98. The van der Waals surface area contributed by atoms with Crippen molar-refractivity contribution in [2.45, 2.75) is 33.0 Å². The van der Waals surface area contributed by atoms with Crippen molar-refractivity contribution in [3.8, 4) is 0 Å². The molecule has 70 valence electrons.